The number of hydrogen-bond donors (Lipinski definition) is 2. The number of thiol groups is 1. The maximum absolute atomic E-state index is 9.54. The van der Waals surface area contributed by atoms with Gasteiger partial charge < -0.3 is 5.11 Å². The molecule has 1 aromatic heterocycles. The summed E-state index contributed by atoms with van der Waals surface area (Å²) in [7, 11) is 0. The Morgan fingerprint density at radius 3 is 2.83 bits per heavy atom. The van der Waals surface area contributed by atoms with E-state index >= 15 is 0 Å². The van der Waals surface area contributed by atoms with Crippen molar-refractivity contribution in [1.29, 1.82) is 0 Å². The van der Waals surface area contributed by atoms with Gasteiger partial charge in [0.1, 0.15) is 5.75 Å². The molecular weight excluding hydrogens is 188 g/mol. The monoisotopic (exact) mass is 196 g/mol. The standard InChI is InChI=1S/C9H8OS2/c1-5-2-6-4-8(11)12-9(6)7(10)3-5/h2-4,10-11H,1H3. The molecule has 1 heterocycles. The molecule has 0 spiro atoms. The first-order valence-electron chi connectivity index (χ1n) is 3.59. The number of benzene rings is 1. The second-order valence-corrected chi connectivity index (χ2v) is 4.62. The van der Waals surface area contributed by atoms with Crippen molar-refractivity contribution < 1.29 is 5.11 Å². The summed E-state index contributed by atoms with van der Waals surface area (Å²) in [6.45, 7) is 1.97. The fourth-order valence-electron chi connectivity index (χ4n) is 1.27. The van der Waals surface area contributed by atoms with E-state index in [0.29, 0.717) is 5.75 Å². The Morgan fingerprint density at radius 1 is 1.33 bits per heavy atom. The molecule has 1 aromatic carbocycles. The molecule has 0 aliphatic carbocycles. The van der Waals surface area contributed by atoms with Crippen molar-refractivity contribution in [2.24, 2.45) is 0 Å². The molecule has 0 atom stereocenters. The number of fused-ring (bicyclic) bond motifs is 1. The fraction of sp³-hybridized carbons (Fsp3) is 0.111. The Kier molecular flexibility index (Phi) is 1.77. The van der Waals surface area contributed by atoms with Crippen molar-refractivity contribution in [1.82, 2.24) is 0 Å². The normalized spacial score (nSPS) is 10.8. The topological polar surface area (TPSA) is 20.2 Å². The average Bonchev–Trinajstić information content (AvgIpc) is 2.29. The smallest absolute Gasteiger partial charge is 0.133 e. The first-order chi connectivity index (χ1) is 5.66. The average molecular weight is 196 g/mol. The summed E-state index contributed by atoms with van der Waals surface area (Å²) in [5, 5.41) is 10.6. The van der Waals surface area contributed by atoms with Crippen LogP contribution in [0, 0.1) is 6.92 Å². The van der Waals surface area contributed by atoms with Crippen LogP contribution in [0.25, 0.3) is 10.1 Å². The van der Waals surface area contributed by atoms with Gasteiger partial charge in [0.05, 0.1) is 8.91 Å². The highest BCUT2D eigenvalue weighted by molar-refractivity contribution is 7.83. The van der Waals surface area contributed by atoms with Gasteiger partial charge in [-0.1, -0.05) is 6.07 Å². The van der Waals surface area contributed by atoms with Gasteiger partial charge in [0.15, 0.2) is 0 Å². The molecule has 0 radical (unpaired) electrons. The highest BCUT2D eigenvalue weighted by atomic mass is 32.2. The Balaban J connectivity index is 2.88. The molecule has 0 unspecified atom stereocenters. The second kappa shape index (κ2) is 2.68. The molecule has 3 heteroatoms. The maximum atomic E-state index is 9.54. The van der Waals surface area contributed by atoms with Crippen molar-refractivity contribution in [2.75, 3.05) is 0 Å². The lowest BCUT2D eigenvalue weighted by molar-refractivity contribution is 0.482. The van der Waals surface area contributed by atoms with E-state index in [1.165, 1.54) is 11.3 Å². The van der Waals surface area contributed by atoms with Crippen molar-refractivity contribution in [3.05, 3.63) is 23.8 Å². The summed E-state index contributed by atoms with van der Waals surface area (Å²) in [5.41, 5.74) is 1.08. The fourth-order valence-corrected chi connectivity index (χ4v) is 2.47. The molecule has 0 bridgehead atoms. The summed E-state index contributed by atoms with van der Waals surface area (Å²) in [6.07, 6.45) is 0. The zero-order valence-electron chi connectivity index (χ0n) is 6.53. The van der Waals surface area contributed by atoms with Gasteiger partial charge in [-0.05, 0) is 30.0 Å². The Hall–Kier alpha value is -0.670. The molecule has 62 valence electrons. The van der Waals surface area contributed by atoms with Crippen LogP contribution in [-0.4, -0.2) is 5.11 Å². The van der Waals surface area contributed by atoms with Gasteiger partial charge in [-0.3, -0.25) is 0 Å². The van der Waals surface area contributed by atoms with Gasteiger partial charge in [0, 0.05) is 0 Å². The molecule has 1 N–H and O–H groups in total. The van der Waals surface area contributed by atoms with Crippen molar-refractivity contribution in [3.8, 4) is 5.75 Å². The van der Waals surface area contributed by atoms with Crippen molar-refractivity contribution in [2.45, 2.75) is 11.1 Å². The van der Waals surface area contributed by atoms with E-state index in [4.69, 9.17) is 0 Å². The molecule has 0 saturated heterocycles. The first-order valence-corrected chi connectivity index (χ1v) is 4.85. The van der Waals surface area contributed by atoms with Gasteiger partial charge in [0.2, 0.25) is 0 Å². The Bertz CT molecular complexity index is 431. The molecule has 12 heavy (non-hydrogen) atoms. The van der Waals surface area contributed by atoms with Crippen LogP contribution in [0.4, 0.5) is 0 Å². The van der Waals surface area contributed by atoms with Crippen LogP contribution in [0.15, 0.2) is 22.4 Å². The summed E-state index contributed by atoms with van der Waals surface area (Å²) < 4.78 is 1.86. The minimum Gasteiger partial charge on any atom is -0.506 e. The quantitative estimate of drug-likeness (QED) is 0.620. The summed E-state index contributed by atoms with van der Waals surface area (Å²) in [4.78, 5) is 0. The van der Waals surface area contributed by atoms with Crippen molar-refractivity contribution in [3.63, 3.8) is 0 Å². The number of phenolic OH excluding ortho intramolecular Hbond substituents is 1. The molecule has 0 aliphatic rings. The summed E-state index contributed by atoms with van der Waals surface area (Å²) in [6, 6.07) is 5.78. The van der Waals surface area contributed by atoms with Crippen LogP contribution >= 0.6 is 24.0 Å². The minimum absolute atomic E-state index is 0.357. The number of rotatable bonds is 0. The first kappa shape index (κ1) is 7.95. The van der Waals surface area contributed by atoms with E-state index < -0.39 is 0 Å². The third-order valence-corrected chi connectivity index (χ3v) is 3.11. The van der Waals surface area contributed by atoms with Crippen LogP contribution < -0.4 is 0 Å². The number of aromatic hydroxyl groups is 1. The van der Waals surface area contributed by atoms with E-state index in [2.05, 4.69) is 12.6 Å². The Morgan fingerprint density at radius 2 is 2.08 bits per heavy atom. The van der Waals surface area contributed by atoms with Gasteiger partial charge in [0.25, 0.3) is 0 Å². The molecule has 0 aliphatic heterocycles. The highest BCUT2D eigenvalue weighted by Gasteiger charge is 2.04. The maximum Gasteiger partial charge on any atom is 0.133 e. The highest BCUT2D eigenvalue weighted by Crippen LogP contribution is 2.35. The van der Waals surface area contributed by atoms with Gasteiger partial charge >= 0.3 is 0 Å². The zero-order valence-corrected chi connectivity index (χ0v) is 8.25. The lowest BCUT2D eigenvalue weighted by atomic mass is 10.2. The van der Waals surface area contributed by atoms with E-state index in [0.717, 1.165) is 19.9 Å². The molecule has 0 saturated carbocycles. The van der Waals surface area contributed by atoms with Gasteiger partial charge in [-0.2, -0.15) is 0 Å². The third-order valence-electron chi connectivity index (χ3n) is 1.73. The number of thiophene rings is 1. The van der Waals surface area contributed by atoms with Gasteiger partial charge in [-0.25, -0.2) is 0 Å². The third kappa shape index (κ3) is 1.19. The molecule has 0 amide bonds. The molecule has 1 nitrogen and oxygen atoms in total. The van der Waals surface area contributed by atoms with Crippen LogP contribution in [0.3, 0.4) is 0 Å². The molecular formula is C9H8OS2. The van der Waals surface area contributed by atoms with E-state index in [1.54, 1.807) is 6.07 Å². The summed E-state index contributed by atoms with van der Waals surface area (Å²) >= 11 is 5.73. The lowest BCUT2D eigenvalue weighted by Crippen LogP contribution is -1.70. The van der Waals surface area contributed by atoms with E-state index in [9.17, 15) is 5.11 Å². The van der Waals surface area contributed by atoms with Crippen LogP contribution in [-0.2, 0) is 0 Å². The minimum atomic E-state index is 0.357. The number of hydrogen-bond acceptors (Lipinski definition) is 3. The van der Waals surface area contributed by atoms with E-state index in [1.807, 2.05) is 19.1 Å². The molecule has 2 aromatic rings. The second-order valence-electron chi connectivity index (χ2n) is 2.79. The zero-order chi connectivity index (χ0) is 8.72. The SMILES string of the molecule is Cc1cc(O)c2sc(S)cc2c1. The predicted octanol–water partition coefficient (Wildman–Crippen LogP) is 3.20. The largest absolute Gasteiger partial charge is 0.506 e. The molecule has 0 fully saturated rings. The predicted molar refractivity (Wildman–Crippen MR) is 55.5 cm³/mol. The van der Waals surface area contributed by atoms with Crippen molar-refractivity contribution >= 4 is 34.1 Å². The van der Waals surface area contributed by atoms with Crippen LogP contribution in [0.1, 0.15) is 5.56 Å². The van der Waals surface area contributed by atoms with Crippen LogP contribution in [0.2, 0.25) is 0 Å². The van der Waals surface area contributed by atoms with Gasteiger partial charge in [-0.15, -0.1) is 24.0 Å². The van der Waals surface area contributed by atoms with Crippen LogP contribution in [0.5, 0.6) is 5.75 Å². The lowest BCUT2D eigenvalue weighted by Gasteiger charge is -1.95. The summed E-state index contributed by atoms with van der Waals surface area (Å²) in [5.74, 6) is 0.357. The van der Waals surface area contributed by atoms with E-state index in [-0.39, 0.29) is 0 Å². The Labute approximate surface area is 80.1 Å². The number of phenols is 1. The number of aryl methyl sites for hydroxylation is 1. The molecule has 2 rings (SSSR count).